The summed E-state index contributed by atoms with van der Waals surface area (Å²) >= 11 is 0. The van der Waals surface area contributed by atoms with Crippen LogP contribution in [0.4, 0.5) is 0 Å². The molecule has 0 saturated heterocycles. The molecule has 6 aromatic rings. The van der Waals surface area contributed by atoms with Crippen LogP contribution in [0.2, 0.25) is 19.6 Å². The number of nitrogens with zero attached hydrogens (tertiary/aromatic N) is 2. The number of aromatic nitrogens is 2. The first kappa shape index (κ1) is 27.7. The zero-order valence-corrected chi connectivity index (χ0v) is 25.7. The summed E-state index contributed by atoms with van der Waals surface area (Å²) < 4.78 is 5.97. The summed E-state index contributed by atoms with van der Waals surface area (Å²) in [6.07, 6.45) is 3.69. The van der Waals surface area contributed by atoms with Gasteiger partial charge in [-0.1, -0.05) is 56.9 Å². The second-order valence-corrected chi connectivity index (χ2v) is 15.4. The van der Waals surface area contributed by atoms with Gasteiger partial charge in [-0.05, 0) is 36.0 Å². The first-order valence-corrected chi connectivity index (χ1v) is 16.0. The average Bonchev–Trinajstić information content (AvgIpc) is 3.29. The maximum Gasteiger partial charge on any atom is 0.134 e. The normalized spacial score (nSPS) is 11.1. The third kappa shape index (κ3) is 6.02. The molecule has 0 unspecified atom stereocenters. The summed E-state index contributed by atoms with van der Waals surface area (Å²) in [6.45, 7) is 11.2. The molecule has 5 heteroatoms. The van der Waals surface area contributed by atoms with E-state index < -0.39 is 8.07 Å². The van der Waals surface area contributed by atoms with Crippen LogP contribution in [0.3, 0.4) is 0 Å². The van der Waals surface area contributed by atoms with Gasteiger partial charge in [0.15, 0.2) is 0 Å². The van der Waals surface area contributed by atoms with Crippen molar-refractivity contribution >= 4 is 35.2 Å². The maximum absolute atomic E-state index is 5.97. The molecule has 38 heavy (non-hydrogen) atoms. The number of hydrogen-bond acceptors (Lipinski definition) is 3. The standard InChI is InChI=1S/C20H18NOSi.C13H12N.Ir/c1-23(2,3)15-8-6-7-14(13-15)20-19-16-9-4-5-10-17(16)22-18(19)11-12-21-20;1-10-3-6-12(7-4-10)13-8-5-11(2)9-14-13;/h4-6,8-13H,1-3H3;3-6,8-9H,1-2H3;/q2*-1;. The van der Waals surface area contributed by atoms with Crippen LogP contribution in [-0.2, 0) is 20.1 Å². The molecule has 0 bridgehead atoms. The van der Waals surface area contributed by atoms with Gasteiger partial charge in [-0.25, -0.2) is 0 Å². The molecular formula is C33H30IrN2OSi-2. The summed E-state index contributed by atoms with van der Waals surface area (Å²) in [5.74, 6) is 0. The summed E-state index contributed by atoms with van der Waals surface area (Å²) in [6, 6.07) is 33.3. The Bertz CT molecular complexity index is 1620. The molecule has 193 valence electrons. The van der Waals surface area contributed by atoms with E-state index in [9.17, 15) is 0 Å². The van der Waals surface area contributed by atoms with Crippen LogP contribution >= 0.6 is 0 Å². The summed E-state index contributed by atoms with van der Waals surface area (Å²) in [4.78, 5) is 8.99. The zero-order chi connectivity index (χ0) is 26.0. The van der Waals surface area contributed by atoms with E-state index in [0.29, 0.717) is 0 Å². The quantitative estimate of drug-likeness (QED) is 0.139. The van der Waals surface area contributed by atoms with Crippen molar-refractivity contribution < 1.29 is 24.5 Å². The van der Waals surface area contributed by atoms with Crippen LogP contribution in [0.1, 0.15) is 11.1 Å². The molecule has 0 amide bonds. The molecular weight excluding hydrogens is 661 g/mol. The second kappa shape index (κ2) is 11.6. The predicted molar refractivity (Wildman–Crippen MR) is 157 cm³/mol. The van der Waals surface area contributed by atoms with E-state index in [4.69, 9.17) is 4.42 Å². The number of rotatable bonds is 3. The fourth-order valence-electron chi connectivity index (χ4n) is 4.23. The van der Waals surface area contributed by atoms with Gasteiger partial charge in [0.25, 0.3) is 0 Å². The van der Waals surface area contributed by atoms with Crippen LogP contribution in [0.25, 0.3) is 44.5 Å². The minimum atomic E-state index is -1.37. The van der Waals surface area contributed by atoms with Crippen LogP contribution in [0, 0.1) is 26.0 Å². The van der Waals surface area contributed by atoms with E-state index in [0.717, 1.165) is 44.5 Å². The Morgan fingerprint density at radius 3 is 2.26 bits per heavy atom. The van der Waals surface area contributed by atoms with Crippen molar-refractivity contribution in [2.75, 3.05) is 0 Å². The van der Waals surface area contributed by atoms with Gasteiger partial charge >= 0.3 is 0 Å². The van der Waals surface area contributed by atoms with Crippen molar-refractivity contribution in [1.29, 1.82) is 0 Å². The summed E-state index contributed by atoms with van der Waals surface area (Å²) in [7, 11) is -1.37. The van der Waals surface area contributed by atoms with Gasteiger partial charge in [0.2, 0.25) is 0 Å². The minimum absolute atomic E-state index is 0. The van der Waals surface area contributed by atoms with E-state index >= 15 is 0 Å². The third-order valence-electron chi connectivity index (χ3n) is 6.37. The zero-order valence-electron chi connectivity index (χ0n) is 22.3. The molecule has 0 atom stereocenters. The van der Waals surface area contributed by atoms with Crippen molar-refractivity contribution in [3.8, 4) is 22.5 Å². The molecule has 3 aromatic carbocycles. The number of aryl methyl sites for hydroxylation is 2. The number of fused-ring (bicyclic) bond motifs is 3. The van der Waals surface area contributed by atoms with Crippen molar-refractivity contribution in [1.82, 2.24) is 9.97 Å². The fourth-order valence-corrected chi connectivity index (χ4v) is 5.39. The van der Waals surface area contributed by atoms with E-state index in [2.05, 4.69) is 79.0 Å². The fraction of sp³-hybridized carbons (Fsp3) is 0.152. The van der Waals surface area contributed by atoms with Crippen molar-refractivity contribution in [2.45, 2.75) is 33.5 Å². The van der Waals surface area contributed by atoms with Gasteiger partial charge in [0, 0.05) is 43.3 Å². The summed E-state index contributed by atoms with van der Waals surface area (Å²) in [5.41, 5.74) is 8.21. The molecule has 0 aliphatic heterocycles. The van der Waals surface area contributed by atoms with Crippen molar-refractivity contribution in [2.24, 2.45) is 0 Å². The van der Waals surface area contributed by atoms with Crippen LogP contribution in [0.15, 0.2) is 95.7 Å². The monoisotopic (exact) mass is 691 g/mol. The Morgan fingerprint density at radius 1 is 0.763 bits per heavy atom. The van der Waals surface area contributed by atoms with Crippen LogP contribution in [0.5, 0.6) is 0 Å². The van der Waals surface area contributed by atoms with Crippen molar-refractivity contribution in [3.63, 3.8) is 0 Å². The molecule has 3 nitrogen and oxygen atoms in total. The number of hydrogen-bond donors (Lipinski definition) is 0. The Morgan fingerprint density at radius 2 is 1.55 bits per heavy atom. The molecule has 0 aliphatic carbocycles. The van der Waals surface area contributed by atoms with Gasteiger partial charge in [-0.3, -0.25) is 0 Å². The molecule has 1 radical (unpaired) electrons. The molecule has 3 aromatic heterocycles. The first-order chi connectivity index (χ1) is 17.8. The maximum atomic E-state index is 5.97. The van der Waals surface area contributed by atoms with E-state index in [1.807, 2.05) is 67.8 Å². The molecule has 0 saturated carbocycles. The van der Waals surface area contributed by atoms with E-state index in [1.54, 1.807) is 0 Å². The third-order valence-corrected chi connectivity index (χ3v) is 8.41. The molecule has 0 spiro atoms. The number of furan rings is 1. The second-order valence-electron chi connectivity index (χ2n) is 10.4. The van der Waals surface area contributed by atoms with Gasteiger partial charge in [-0.15, -0.1) is 70.4 Å². The Hall–Kier alpha value is -3.37. The Balaban J connectivity index is 0.000000193. The van der Waals surface area contributed by atoms with Gasteiger partial charge in [0.05, 0.1) is 8.07 Å². The van der Waals surface area contributed by atoms with E-state index in [-0.39, 0.29) is 20.1 Å². The van der Waals surface area contributed by atoms with Crippen LogP contribution in [-0.4, -0.2) is 18.0 Å². The van der Waals surface area contributed by atoms with Gasteiger partial charge in [0.1, 0.15) is 11.2 Å². The number of pyridine rings is 2. The average molecular weight is 691 g/mol. The molecule has 6 rings (SSSR count). The largest absolute Gasteiger partial charge is 0.457 e. The Labute approximate surface area is 239 Å². The molecule has 3 heterocycles. The molecule has 0 N–H and O–H groups in total. The van der Waals surface area contributed by atoms with Crippen LogP contribution < -0.4 is 5.19 Å². The molecule has 0 fully saturated rings. The van der Waals surface area contributed by atoms with Gasteiger partial charge in [-0.2, -0.15) is 0 Å². The predicted octanol–water partition coefficient (Wildman–Crippen LogP) is 8.16. The molecule has 0 aliphatic rings. The summed E-state index contributed by atoms with van der Waals surface area (Å²) in [5, 5.41) is 3.60. The van der Waals surface area contributed by atoms with Gasteiger partial charge < -0.3 is 14.4 Å². The smallest absolute Gasteiger partial charge is 0.134 e. The first-order valence-electron chi connectivity index (χ1n) is 12.5. The topological polar surface area (TPSA) is 38.9 Å². The number of benzene rings is 3. The van der Waals surface area contributed by atoms with E-state index in [1.165, 1.54) is 16.3 Å². The number of para-hydroxylation sites is 1. The minimum Gasteiger partial charge on any atom is -0.457 e. The SMILES string of the molecule is C[Si](C)(C)c1cc[c-]c(-c2nccc3oc4ccccc4c23)c1.Cc1c[c-]c(-c2ccc(C)cn2)cc1.[Ir]. The Kier molecular flexibility index (Phi) is 8.42. The van der Waals surface area contributed by atoms with Crippen molar-refractivity contribution in [3.05, 3.63) is 115 Å².